The molecule has 5 nitrogen and oxygen atoms in total. The van der Waals surface area contributed by atoms with E-state index in [0.29, 0.717) is 24.7 Å². The first-order valence-electron chi connectivity index (χ1n) is 10.8. The number of carbonyl (C=O) groups excluding carboxylic acids is 1. The van der Waals surface area contributed by atoms with Gasteiger partial charge in [0.25, 0.3) is 0 Å². The van der Waals surface area contributed by atoms with Crippen LogP contribution in [0.2, 0.25) is 0 Å². The second kappa shape index (κ2) is 17.5. The molecule has 1 heterocycles. The Balaban J connectivity index is 0.000000524. The second-order valence-corrected chi connectivity index (χ2v) is 7.31. The summed E-state index contributed by atoms with van der Waals surface area (Å²) < 4.78 is 41.5. The predicted molar refractivity (Wildman–Crippen MR) is 136 cm³/mol. The fourth-order valence-electron chi connectivity index (χ4n) is 2.71. The number of benzene rings is 2. The van der Waals surface area contributed by atoms with Crippen molar-refractivity contribution in [3.05, 3.63) is 84.5 Å². The van der Waals surface area contributed by atoms with Crippen LogP contribution < -0.4 is 9.47 Å². The summed E-state index contributed by atoms with van der Waals surface area (Å²) in [6.07, 6.45) is 4.53. The topological polar surface area (TPSA) is 65.0 Å². The van der Waals surface area contributed by atoms with E-state index in [2.05, 4.69) is 13.2 Å². The molecule has 1 unspecified atom stereocenters. The van der Waals surface area contributed by atoms with Crippen LogP contribution in [0.25, 0.3) is 0 Å². The molecule has 35 heavy (non-hydrogen) atoms. The van der Waals surface area contributed by atoms with E-state index in [0.717, 1.165) is 19.4 Å². The van der Waals surface area contributed by atoms with E-state index in [1.807, 2.05) is 0 Å². The molecule has 8 heteroatoms. The van der Waals surface area contributed by atoms with Gasteiger partial charge in [-0.1, -0.05) is 32.7 Å². The summed E-state index contributed by atoms with van der Waals surface area (Å²) in [4.78, 5) is 11.0. The maximum absolute atomic E-state index is 13.1. The monoisotopic (exact) mass is 488 g/mol. The fraction of sp³-hybridized carbons (Fsp3) is 0.370. The molecule has 190 valence electrons. The molecule has 0 saturated carbocycles. The molecule has 0 bridgehead atoms. The minimum atomic E-state index is -0.831. The van der Waals surface area contributed by atoms with Crippen LogP contribution in [0, 0.1) is 11.6 Å². The summed E-state index contributed by atoms with van der Waals surface area (Å²) >= 11 is 0. The lowest BCUT2D eigenvalue weighted by Crippen LogP contribution is -2.01. The van der Waals surface area contributed by atoms with Crippen LogP contribution in [0.1, 0.15) is 56.1 Å². The molecule has 1 saturated heterocycles. The predicted octanol–water partition coefficient (Wildman–Crippen LogP) is 5.96. The van der Waals surface area contributed by atoms with Crippen molar-refractivity contribution in [2.45, 2.75) is 46.2 Å². The molecule has 0 spiro atoms. The maximum atomic E-state index is 13.1. The Morgan fingerprint density at radius 1 is 1.14 bits per heavy atom. The van der Waals surface area contributed by atoms with Gasteiger partial charge in [-0.05, 0) is 63.1 Å². The van der Waals surface area contributed by atoms with Crippen LogP contribution in [0.15, 0.2) is 61.7 Å². The Bertz CT molecular complexity index is 928. The van der Waals surface area contributed by atoms with Crippen molar-refractivity contribution in [2.24, 2.45) is 0 Å². The number of aliphatic hydroxyl groups excluding tert-OH is 1. The summed E-state index contributed by atoms with van der Waals surface area (Å²) in [7, 11) is 5.31. The van der Waals surface area contributed by atoms with Gasteiger partial charge in [-0.25, -0.2) is 8.78 Å². The number of hydrogen-bond donors (Lipinski definition) is 1. The Labute approximate surface area is 208 Å². The summed E-state index contributed by atoms with van der Waals surface area (Å²) in [5, 5.41) is 9.24. The van der Waals surface area contributed by atoms with Gasteiger partial charge in [-0.15, -0.1) is 0 Å². The molecule has 1 fully saturated rings. The number of ketones is 1. The summed E-state index contributed by atoms with van der Waals surface area (Å²) in [6, 6.07) is 8.42. The van der Waals surface area contributed by atoms with Gasteiger partial charge in [-0.2, -0.15) is 0 Å². The minimum Gasteiger partial charge on any atom is -0.490 e. The van der Waals surface area contributed by atoms with Gasteiger partial charge in [-0.3, -0.25) is 4.79 Å². The number of Topliss-reactive ketones (excluding diaryl/α,β-unsaturated/α-hetero) is 1. The summed E-state index contributed by atoms with van der Waals surface area (Å²) in [5.41, 5.74) is 0.290. The highest BCUT2D eigenvalue weighted by molar-refractivity contribution is 6.11. The normalized spacial score (nSPS) is 14.6. The maximum Gasteiger partial charge on any atom is 0.162 e. The smallest absolute Gasteiger partial charge is 0.162 e. The molecule has 2 atom stereocenters. The van der Waals surface area contributed by atoms with Gasteiger partial charge in [0.05, 0.1) is 11.7 Å². The SMILES string of the molecule is C.C=CCOc1ccc(F)c(C(C)=O)c1.C=CCOc1ccc(F)c([C@@H](C)O)c1.[B]C1CCCO1. The molecular weight excluding hydrogens is 453 g/mol. The van der Waals surface area contributed by atoms with Crippen LogP contribution in [-0.4, -0.2) is 44.6 Å². The number of ether oxygens (including phenoxy) is 3. The molecule has 0 aromatic heterocycles. The van der Waals surface area contributed by atoms with Crippen molar-refractivity contribution in [3.8, 4) is 11.5 Å². The quantitative estimate of drug-likeness (QED) is 0.282. The van der Waals surface area contributed by atoms with Gasteiger partial charge in [0.2, 0.25) is 0 Å². The van der Waals surface area contributed by atoms with Gasteiger partial charge in [0.1, 0.15) is 44.2 Å². The number of rotatable bonds is 8. The first kappa shape index (κ1) is 32.0. The summed E-state index contributed by atoms with van der Waals surface area (Å²) in [6.45, 7) is 11.4. The highest BCUT2D eigenvalue weighted by Gasteiger charge is 2.09. The van der Waals surface area contributed by atoms with Crippen LogP contribution in [-0.2, 0) is 4.74 Å². The molecule has 0 aliphatic carbocycles. The zero-order valence-corrected chi connectivity index (χ0v) is 19.6. The lowest BCUT2D eigenvalue weighted by atomic mass is 9.98. The van der Waals surface area contributed by atoms with Gasteiger partial charge < -0.3 is 19.3 Å². The first-order valence-corrected chi connectivity index (χ1v) is 10.8. The average molecular weight is 488 g/mol. The van der Waals surface area contributed by atoms with Crippen molar-refractivity contribution in [2.75, 3.05) is 19.8 Å². The van der Waals surface area contributed by atoms with Crippen LogP contribution in [0.4, 0.5) is 8.78 Å². The third kappa shape index (κ3) is 12.3. The van der Waals surface area contributed by atoms with E-state index >= 15 is 0 Å². The van der Waals surface area contributed by atoms with Gasteiger partial charge in [0, 0.05) is 18.2 Å². The van der Waals surface area contributed by atoms with Crippen LogP contribution in [0.3, 0.4) is 0 Å². The Kier molecular flexibility index (Phi) is 16.0. The zero-order chi connectivity index (χ0) is 25.5. The molecule has 1 aliphatic heterocycles. The Morgan fingerprint density at radius 3 is 2.09 bits per heavy atom. The second-order valence-electron chi connectivity index (χ2n) is 7.31. The molecular formula is C27H35BF2O5. The van der Waals surface area contributed by atoms with Crippen molar-refractivity contribution < 1.29 is 32.9 Å². The highest BCUT2D eigenvalue weighted by Crippen LogP contribution is 2.22. The highest BCUT2D eigenvalue weighted by atomic mass is 19.1. The number of hydrogen-bond acceptors (Lipinski definition) is 5. The van der Waals surface area contributed by atoms with Gasteiger partial charge >= 0.3 is 0 Å². The van der Waals surface area contributed by atoms with Crippen LogP contribution in [0.5, 0.6) is 11.5 Å². The van der Waals surface area contributed by atoms with Crippen molar-refractivity contribution in [3.63, 3.8) is 0 Å². The van der Waals surface area contributed by atoms with E-state index in [-0.39, 0.29) is 30.3 Å². The average Bonchev–Trinajstić information content (AvgIpc) is 3.29. The number of aliphatic hydroxyl groups is 1. The van der Waals surface area contributed by atoms with E-state index in [4.69, 9.17) is 22.1 Å². The molecule has 0 amide bonds. The van der Waals surface area contributed by atoms with E-state index in [1.165, 1.54) is 50.2 Å². The Hall–Kier alpha value is -2.97. The number of carbonyl (C=O) groups is 1. The molecule has 1 N–H and O–H groups in total. The standard InChI is InChI=1S/C11H13FO2.C11H11FO2.C4H7BO.CH4/c2*1-3-6-14-9-4-5-11(12)10(7-9)8(2)13;5-4-2-1-3-6-4;/h3-5,7-8,13H,1,6H2,2H3;3-5,7H,1,6H2,2H3;4H,1-3H2;1H4/t8-;;;/m1.../s1. The Morgan fingerprint density at radius 2 is 1.69 bits per heavy atom. The number of halogens is 2. The lowest BCUT2D eigenvalue weighted by molar-refractivity contribution is 0.101. The van der Waals surface area contributed by atoms with Crippen molar-refractivity contribution in [1.82, 2.24) is 0 Å². The molecule has 2 aromatic rings. The third-order valence-corrected chi connectivity index (χ3v) is 4.44. The van der Waals surface area contributed by atoms with Crippen molar-refractivity contribution in [1.29, 1.82) is 0 Å². The molecule has 2 aromatic carbocycles. The zero-order valence-electron chi connectivity index (χ0n) is 19.6. The van der Waals surface area contributed by atoms with E-state index in [1.54, 1.807) is 12.2 Å². The minimum absolute atomic E-state index is 0. The third-order valence-electron chi connectivity index (χ3n) is 4.44. The van der Waals surface area contributed by atoms with Crippen molar-refractivity contribution >= 4 is 13.6 Å². The van der Waals surface area contributed by atoms with Crippen LogP contribution >= 0.6 is 0 Å². The summed E-state index contributed by atoms with van der Waals surface area (Å²) in [5.74, 6) is -0.264. The lowest BCUT2D eigenvalue weighted by Gasteiger charge is -2.09. The van der Waals surface area contributed by atoms with E-state index in [9.17, 15) is 18.7 Å². The largest absolute Gasteiger partial charge is 0.490 e. The molecule has 3 rings (SSSR count). The van der Waals surface area contributed by atoms with E-state index < -0.39 is 17.7 Å². The first-order chi connectivity index (χ1) is 16.2. The fourth-order valence-corrected chi connectivity index (χ4v) is 2.71. The molecule has 2 radical (unpaired) electrons. The van der Waals surface area contributed by atoms with Gasteiger partial charge in [0.15, 0.2) is 5.78 Å². The molecule has 1 aliphatic rings.